The molecular formula is C22H40O2. The first-order valence-corrected chi connectivity index (χ1v) is 10.1. The average Bonchev–Trinajstić information content (AvgIpc) is 2.51. The highest BCUT2D eigenvalue weighted by molar-refractivity contribution is 5.81. The zero-order chi connectivity index (χ0) is 18.0. The Morgan fingerprint density at radius 1 is 0.708 bits per heavy atom. The van der Waals surface area contributed by atoms with E-state index in [0.717, 1.165) is 12.0 Å². The molecule has 0 aliphatic heterocycles. The quantitative estimate of drug-likeness (QED) is 0.180. The summed E-state index contributed by atoms with van der Waals surface area (Å²) in [5.74, 6) is -0.863. The van der Waals surface area contributed by atoms with Crippen LogP contribution in [0, 0.1) is 0 Å². The van der Waals surface area contributed by atoms with Crippen LogP contribution in [0.2, 0.25) is 0 Å². The summed E-state index contributed by atoms with van der Waals surface area (Å²) >= 11 is 0. The Kier molecular flexibility index (Phi) is 16.1. The van der Waals surface area contributed by atoms with E-state index >= 15 is 0 Å². The SMILES string of the molecule is CCCCCCCCCCCCCCC/C(C)=C/C(C)=C\C(=O)O. The summed E-state index contributed by atoms with van der Waals surface area (Å²) in [6.07, 6.45) is 22.3. The van der Waals surface area contributed by atoms with Gasteiger partial charge in [0.1, 0.15) is 0 Å². The molecule has 0 radical (unpaired) electrons. The zero-order valence-electron chi connectivity index (χ0n) is 16.4. The van der Waals surface area contributed by atoms with Gasteiger partial charge in [-0.2, -0.15) is 0 Å². The van der Waals surface area contributed by atoms with E-state index in [2.05, 4.69) is 13.8 Å². The van der Waals surface area contributed by atoms with Crippen molar-refractivity contribution < 1.29 is 9.90 Å². The highest BCUT2D eigenvalue weighted by Gasteiger charge is 1.96. The van der Waals surface area contributed by atoms with Gasteiger partial charge in [-0.25, -0.2) is 4.79 Å². The molecule has 2 nitrogen and oxygen atoms in total. The van der Waals surface area contributed by atoms with E-state index < -0.39 is 5.97 Å². The van der Waals surface area contributed by atoms with Gasteiger partial charge in [0.2, 0.25) is 0 Å². The van der Waals surface area contributed by atoms with E-state index in [1.165, 1.54) is 95.1 Å². The van der Waals surface area contributed by atoms with Crippen LogP contribution in [-0.2, 0) is 4.79 Å². The van der Waals surface area contributed by atoms with Crippen molar-refractivity contribution in [1.82, 2.24) is 0 Å². The van der Waals surface area contributed by atoms with Crippen LogP contribution in [0.15, 0.2) is 23.3 Å². The largest absolute Gasteiger partial charge is 0.478 e. The lowest BCUT2D eigenvalue weighted by Gasteiger charge is -2.04. The molecule has 0 aromatic carbocycles. The predicted molar refractivity (Wildman–Crippen MR) is 105 cm³/mol. The molecule has 0 rings (SSSR count). The number of carbonyl (C=O) groups is 1. The minimum atomic E-state index is -0.863. The summed E-state index contributed by atoms with van der Waals surface area (Å²) in [6.45, 7) is 6.22. The van der Waals surface area contributed by atoms with Gasteiger partial charge in [0.15, 0.2) is 0 Å². The van der Waals surface area contributed by atoms with E-state index in [0.29, 0.717) is 0 Å². The number of rotatable bonds is 16. The van der Waals surface area contributed by atoms with Gasteiger partial charge in [0.05, 0.1) is 0 Å². The van der Waals surface area contributed by atoms with Crippen LogP contribution in [0.1, 0.15) is 111 Å². The van der Waals surface area contributed by atoms with Crippen molar-refractivity contribution in [2.45, 2.75) is 111 Å². The van der Waals surface area contributed by atoms with Crippen LogP contribution in [0.3, 0.4) is 0 Å². The zero-order valence-corrected chi connectivity index (χ0v) is 16.4. The minimum absolute atomic E-state index is 0.828. The highest BCUT2D eigenvalue weighted by atomic mass is 16.4. The summed E-state index contributed by atoms with van der Waals surface area (Å²) in [7, 11) is 0. The smallest absolute Gasteiger partial charge is 0.328 e. The molecule has 0 aromatic rings. The number of unbranched alkanes of at least 4 members (excludes halogenated alkanes) is 12. The molecule has 2 heteroatoms. The Bertz CT molecular complexity index is 366. The van der Waals surface area contributed by atoms with Crippen molar-refractivity contribution in [1.29, 1.82) is 0 Å². The molecule has 0 aliphatic rings. The third-order valence-electron chi connectivity index (χ3n) is 4.50. The Morgan fingerprint density at radius 3 is 1.54 bits per heavy atom. The Hall–Kier alpha value is -1.05. The van der Waals surface area contributed by atoms with Crippen molar-refractivity contribution >= 4 is 5.97 Å². The summed E-state index contributed by atoms with van der Waals surface area (Å²) in [6, 6.07) is 0. The summed E-state index contributed by atoms with van der Waals surface area (Å²) in [5.41, 5.74) is 2.11. The number of carboxylic acids is 1. The van der Waals surface area contributed by atoms with Gasteiger partial charge >= 0.3 is 5.97 Å². The monoisotopic (exact) mass is 336 g/mol. The summed E-state index contributed by atoms with van der Waals surface area (Å²) in [5, 5.41) is 8.69. The Balaban J connectivity index is 3.39. The lowest BCUT2D eigenvalue weighted by molar-refractivity contribution is -0.131. The molecule has 0 unspecified atom stereocenters. The van der Waals surface area contributed by atoms with Crippen molar-refractivity contribution in [3.8, 4) is 0 Å². The molecule has 0 aromatic heterocycles. The number of aliphatic carboxylic acids is 1. The third-order valence-corrected chi connectivity index (χ3v) is 4.50. The number of hydrogen-bond donors (Lipinski definition) is 1. The van der Waals surface area contributed by atoms with Crippen molar-refractivity contribution in [3.63, 3.8) is 0 Å². The normalized spacial score (nSPS) is 12.6. The molecule has 0 heterocycles. The second-order valence-electron chi connectivity index (χ2n) is 7.21. The molecule has 0 aliphatic carbocycles. The molecule has 0 spiro atoms. The fourth-order valence-corrected chi connectivity index (χ4v) is 3.12. The van der Waals surface area contributed by atoms with Crippen LogP contribution in [0.4, 0.5) is 0 Å². The fraction of sp³-hybridized carbons (Fsp3) is 0.773. The fourth-order valence-electron chi connectivity index (χ4n) is 3.12. The summed E-state index contributed by atoms with van der Waals surface area (Å²) in [4.78, 5) is 10.6. The van der Waals surface area contributed by atoms with Gasteiger partial charge in [-0.05, 0) is 32.3 Å². The first-order valence-electron chi connectivity index (χ1n) is 10.1. The van der Waals surface area contributed by atoms with Crippen LogP contribution >= 0.6 is 0 Å². The number of allylic oxidation sites excluding steroid dienone is 3. The Labute approximate surface area is 150 Å². The minimum Gasteiger partial charge on any atom is -0.478 e. The molecule has 0 bridgehead atoms. The maximum atomic E-state index is 10.6. The lowest BCUT2D eigenvalue weighted by atomic mass is 10.0. The van der Waals surface area contributed by atoms with Crippen LogP contribution in [0.5, 0.6) is 0 Å². The van der Waals surface area contributed by atoms with Gasteiger partial charge < -0.3 is 5.11 Å². The summed E-state index contributed by atoms with van der Waals surface area (Å²) < 4.78 is 0. The third kappa shape index (κ3) is 17.3. The van der Waals surface area contributed by atoms with Gasteiger partial charge in [0.25, 0.3) is 0 Å². The highest BCUT2D eigenvalue weighted by Crippen LogP contribution is 2.15. The van der Waals surface area contributed by atoms with Gasteiger partial charge in [-0.1, -0.05) is 95.6 Å². The van der Waals surface area contributed by atoms with E-state index in [9.17, 15) is 4.79 Å². The Morgan fingerprint density at radius 2 is 1.12 bits per heavy atom. The molecule has 0 atom stereocenters. The molecule has 1 N–H and O–H groups in total. The molecule has 140 valence electrons. The van der Waals surface area contributed by atoms with Crippen molar-refractivity contribution in [2.24, 2.45) is 0 Å². The van der Waals surface area contributed by atoms with Gasteiger partial charge in [-0.15, -0.1) is 0 Å². The molecular weight excluding hydrogens is 296 g/mol. The maximum Gasteiger partial charge on any atom is 0.328 e. The first-order chi connectivity index (χ1) is 11.6. The van der Waals surface area contributed by atoms with Crippen LogP contribution in [0.25, 0.3) is 0 Å². The standard InChI is InChI=1S/C22H40O2/c1-4-5-6-7-8-9-10-11-12-13-14-15-16-17-20(2)18-21(3)19-22(23)24/h18-19H,4-17H2,1-3H3,(H,23,24)/b20-18+,21-19-. The molecule has 0 saturated carbocycles. The van der Waals surface area contributed by atoms with Gasteiger partial charge in [-0.3, -0.25) is 0 Å². The topological polar surface area (TPSA) is 37.3 Å². The predicted octanol–water partition coefficient (Wildman–Crippen LogP) is 7.44. The van der Waals surface area contributed by atoms with E-state index in [1.807, 2.05) is 13.0 Å². The molecule has 0 amide bonds. The van der Waals surface area contributed by atoms with Crippen LogP contribution in [-0.4, -0.2) is 11.1 Å². The van der Waals surface area contributed by atoms with E-state index in [1.54, 1.807) is 0 Å². The molecule has 24 heavy (non-hydrogen) atoms. The second kappa shape index (κ2) is 16.8. The molecule has 0 fully saturated rings. The van der Waals surface area contributed by atoms with E-state index in [-0.39, 0.29) is 0 Å². The first kappa shape index (κ1) is 22.9. The van der Waals surface area contributed by atoms with Gasteiger partial charge in [0, 0.05) is 6.08 Å². The number of hydrogen-bond acceptors (Lipinski definition) is 1. The second-order valence-corrected chi connectivity index (χ2v) is 7.21. The maximum absolute atomic E-state index is 10.6. The van der Waals surface area contributed by atoms with Crippen molar-refractivity contribution in [3.05, 3.63) is 23.3 Å². The average molecular weight is 337 g/mol. The van der Waals surface area contributed by atoms with Crippen LogP contribution < -0.4 is 0 Å². The van der Waals surface area contributed by atoms with Crippen molar-refractivity contribution in [2.75, 3.05) is 0 Å². The molecule has 0 saturated heterocycles. The van der Waals surface area contributed by atoms with E-state index in [4.69, 9.17) is 5.11 Å². The lowest BCUT2D eigenvalue weighted by Crippen LogP contribution is -1.89. The number of carboxylic acid groups (broad SMARTS) is 1.